The lowest BCUT2D eigenvalue weighted by atomic mass is 9.53. The van der Waals surface area contributed by atoms with Gasteiger partial charge in [-0.15, -0.1) is 0 Å². The molecule has 0 radical (unpaired) electrons. The summed E-state index contributed by atoms with van der Waals surface area (Å²) in [6, 6.07) is 13.9. The van der Waals surface area contributed by atoms with E-state index in [-0.39, 0.29) is 35.4 Å². The van der Waals surface area contributed by atoms with E-state index in [0.717, 1.165) is 36.5 Å². The maximum atomic E-state index is 6.84. The summed E-state index contributed by atoms with van der Waals surface area (Å²) in [4.78, 5) is 4.75. The molecule has 1 N–H and O–H groups in total. The zero-order valence-electron chi connectivity index (χ0n) is 21.0. The molecule has 0 saturated carbocycles. The smallest absolute Gasteiger partial charge is 0.131 e. The van der Waals surface area contributed by atoms with E-state index in [2.05, 4.69) is 95.5 Å². The lowest BCUT2D eigenvalue weighted by Crippen LogP contribution is -2.54. The molecule has 188 valence electrons. The van der Waals surface area contributed by atoms with Gasteiger partial charge in [-0.3, -0.25) is 4.99 Å². The van der Waals surface area contributed by atoms with Crippen LogP contribution in [-0.2, 0) is 10.2 Å². The minimum Gasteiger partial charge on any atom is -0.490 e. The van der Waals surface area contributed by atoms with Crippen molar-refractivity contribution in [1.29, 1.82) is 0 Å². The molecule has 1 spiro atoms. The van der Waals surface area contributed by atoms with E-state index in [1.807, 2.05) is 18.5 Å². The van der Waals surface area contributed by atoms with E-state index >= 15 is 0 Å². The third-order valence-corrected chi connectivity index (χ3v) is 8.96. The molecule has 38 heavy (non-hydrogen) atoms. The Bertz CT molecular complexity index is 1510. The number of hydrogen-bond donors (Lipinski definition) is 1. The summed E-state index contributed by atoms with van der Waals surface area (Å²) in [5.74, 6) is 3.25. The summed E-state index contributed by atoms with van der Waals surface area (Å²) in [6.07, 6.45) is 26.2. The van der Waals surface area contributed by atoms with Gasteiger partial charge in [-0.25, -0.2) is 0 Å². The number of fused-ring (bicyclic) bond motifs is 8. The van der Waals surface area contributed by atoms with Crippen LogP contribution in [0.2, 0.25) is 0 Å². The van der Waals surface area contributed by atoms with Gasteiger partial charge < -0.3 is 14.9 Å². The number of aliphatic imine (C=N–C) groups is 1. The average Bonchev–Trinajstić information content (AvgIpc) is 3.52. The molecule has 8 rings (SSSR count). The van der Waals surface area contributed by atoms with Gasteiger partial charge in [0.05, 0.1) is 12.1 Å². The fraction of sp³-hybridized carbons (Fsp3) is 0.273. The van der Waals surface area contributed by atoms with Crippen LogP contribution in [0.25, 0.3) is 0 Å². The van der Waals surface area contributed by atoms with Crippen LogP contribution in [-0.4, -0.2) is 18.5 Å². The standard InChI is InChI=1S/C33H29N3O2/c1-3-10-29-23(7-1)33(24-8-2-4-11-30(24)37-29)25-14-12-21(27-9-5-6-17-34-27)19-31(25)38-32-20-22(13-15-26(32)33)28-16-18-35-36-28/h1-7,10-15,17-20,23-24,27-29,36H,8-9,16H2. The lowest BCUT2D eigenvalue weighted by Gasteiger charge is -2.55. The molecular weight excluding hydrogens is 470 g/mol. The third kappa shape index (κ3) is 3.11. The van der Waals surface area contributed by atoms with E-state index in [9.17, 15) is 0 Å². The molecule has 0 amide bonds. The van der Waals surface area contributed by atoms with Gasteiger partial charge in [0.15, 0.2) is 0 Å². The van der Waals surface area contributed by atoms with Crippen molar-refractivity contribution in [1.82, 2.24) is 5.43 Å². The van der Waals surface area contributed by atoms with Gasteiger partial charge in [-0.2, -0.15) is 5.10 Å². The normalized spacial score (nSPS) is 32.9. The Kier molecular flexibility index (Phi) is 4.87. The van der Waals surface area contributed by atoms with Crippen LogP contribution in [0.15, 0.2) is 107 Å². The Morgan fingerprint density at radius 1 is 0.842 bits per heavy atom. The Labute approximate surface area is 222 Å². The first kappa shape index (κ1) is 21.9. The first-order valence-electron chi connectivity index (χ1n) is 13.6. The van der Waals surface area contributed by atoms with E-state index in [1.165, 1.54) is 22.3 Å². The van der Waals surface area contributed by atoms with Crippen molar-refractivity contribution >= 4 is 12.4 Å². The first-order valence-corrected chi connectivity index (χ1v) is 13.6. The van der Waals surface area contributed by atoms with Crippen LogP contribution in [0.1, 0.15) is 53.6 Å². The molecule has 6 unspecified atom stereocenters. The highest BCUT2D eigenvalue weighted by molar-refractivity contribution is 5.72. The van der Waals surface area contributed by atoms with E-state index < -0.39 is 0 Å². The van der Waals surface area contributed by atoms with Crippen LogP contribution < -0.4 is 10.2 Å². The second-order valence-electron chi connectivity index (χ2n) is 10.9. The van der Waals surface area contributed by atoms with E-state index in [1.54, 1.807) is 0 Å². The second kappa shape index (κ2) is 8.45. The van der Waals surface area contributed by atoms with Crippen molar-refractivity contribution in [3.63, 3.8) is 0 Å². The summed E-state index contributed by atoms with van der Waals surface area (Å²) in [5.41, 5.74) is 7.78. The number of nitrogens with zero attached hydrogens (tertiary/aromatic N) is 2. The Morgan fingerprint density at radius 3 is 2.47 bits per heavy atom. The van der Waals surface area contributed by atoms with Crippen molar-refractivity contribution in [2.75, 3.05) is 0 Å². The fourth-order valence-electron chi connectivity index (χ4n) is 7.26. The summed E-state index contributed by atoms with van der Waals surface area (Å²) in [5, 5.41) is 4.26. The second-order valence-corrected chi connectivity index (χ2v) is 10.9. The number of dihydropyridines is 1. The Hall–Kier alpha value is -4.12. The number of ether oxygens (including phenoxy) is 2. The zero-order valence-corrected chi connectivity index (χ0v) is 21.0. The van der Waals surface area contributed by atoms with Gasteiger partial charge in [-0.1, -0.05) is 60.7 Å². The number of hydrazone groups is 1. The molecule has 5 heteroatoms. The molecule has 0 bridgehead atoms. The molecule has 0 aromatic heterocycles. The molecule has 2 aliphatic carbocycles. The van der Waals surface area contributed by atoms with Gasteiger partial charge in [0, 0.05) is 47.2 Å². The molecule has 4 aliphatic heterocycles. The summed E-state index contributed by atoms with van der Waals surface area (Å²) < 4.78 is 13.5. The highest BCUT2D eigenvalue weighted by Crippen LogP contribution is 2.63. The van der Waals surface area contributed by atoms with Crippen molar-refractivity contribution in [2.45, 2.75) is 42.9 Å². The molecule has 6 atom stereocenters. The molecule has 2 aromatic rings. The zero-order chi connectivity index (χ0) is 25.1. The highest BCUT2D eigenvalue weighted by Gasteiger charge is 2.59. The van der Waals surface area contributed by atoms with Gasteiger partial charge in [-0.05, 0) is 54.3 Å². The predicted molar refractivity (Wildman–Crippen MR) is 150 cm³/mol. The van der Waals surface area contributed by atoms with Gasteiger partial charge in [0.25, 0.3) is 0 Å². The highest BCUT2D eigenvalue weighted by atomic mass is 16.5. The van der Waals surface area contributed by atoms with E-state index in [0.29, 0.717) is 0 Å². The van der Waals surface area contributed by atoms with E-state index in [4.69, 9.17) is 14.5 Å². The number of rotatable bonds is 2. The SMILES string of the molecule is C1=CCC(c2ccc3c(c2)Oc2cc(C4CC=NN4)ccc2C32C3CC=CC=C3OC3C=CC=CC32)N=C1. The maximum Gasteiger partial charge on any atom is 0.131 e. The number of nitrogens with one attached hydrogen (secondary N) is 1. The van der Waals surface area contributed by atoms with Gasteiger partial charge in [0.2, 0.25) is 0 Å². The molecule has 2 aromatic carbocycles. The fourth-order valence-corrected chi connectivity index (χ4v) is 7.26. The Morgan fingerprint density at radius 2 is 1.66 bits per heavy atom. The minimum absolute atomic E-state index is 0.0369. The third-order valence-electron chi connectivity index (χ3n) is 8.96. The minimum atomic E-state index is -0.323. The summed E-state index contributed by atoms with van der Waals surface area (Å²) >= 11 is 0. The Balaban J connectivity index is 1.36. The van der Waals surface area contributed by atoms with Gasteiger partial charge >= 0.3 is 0 Å². The van der Waals surface area contributed by atoms with Crippen molar-refractivity contribution in [3.8, 4) is 11.5 Å². The lowest BCUT2D eigenvalue weighted by molar-refractivity contribution is -0.00540. The topological polar surface area (TPSA) is 55.2 Å². The quantitative estimate of drug-likeness (QED) is 0.496. The van der Waals surface area contributed by atoms with Crippen LogP contribution in [0.5, 0.6) is 11.5 Å². The monoisotopic (exact) mass is 499 g/mol. The largest absolute Gasteiger partial charge is 0.490 e. The number of hydrogen-bond acceptors (Lipinski definition) is 5. The summed E-state index contributed by atoms with van der Waals surface area (Å²) in [7, 11) is 0. The first-order chi connectivity index (χ1) is 18.8. The van der Waals surface area contributed by atoms with Crippen LogP contribution >= 0.6 is 0 Å². The van der Waals surface area contributed by atoms with Crippen LogP contribution in [0, 0.1) is 11.8 Å². The molecule has 4 heterocycles. The molecule has 5 nitrogen and oxygen atoms in total. The predicted octanol–water partition coefficient (Wildman–Crippen LogP) is 6.77. The van der Waals surface area contributed by atoms with Crippen LogP contribution in [0.4, 0.5) is 0 Å². The summed E-state index contributed by atoms with van der Waals surface area (Å²) in [6.45, 7) is 0. The maximum absolute atomic E-state index is 6.84. The average molecular weight is 500 g/mol. The molecule has 6 aliphatic rings. The van der Waals surface area contributed by atoms with Crippen LogP contribution in [0.3, 0.4) is 0 Å². The van der Waals surface area contributed by atoms with Gasteiger partial charge in [0.1, 0.15) is 23.4 Å². The molecular formula is C33H29N3O2. The number of benzene rings is 2. The molecule has 1 fully saturated rings. The number of allylic oxidation sites excluding steroid dienone is 7. The van der Waals surface area contributed by atoms with Crippen molar-refractivity contribution < 1.29 is 9.47 Å². The molecule has 1 saturated heterocycles. The van der Waals surface area contributed by atoms with Crippen molar-refractivity contribution in [3.05, 3.63) is 119 Å². The van der Waals surface area contributed by atoms with Crippen molar-refractivity contribution in [2.24, 2.45) is 21.9 Å².